The molecule has 0 aliphatic rings. The van der Waals surface area contributed by atoms with Gasteiger partial charge in [-0.2, -0.15) is 0 Å². The maximum Gasteiger partial charge on any atom is 0.191 e. The van der Waals surface area contributed by atoms with E-state index in [1.165, 1.54) is 12.1 Å². The number of aliphatic imine (C=N–C) groups is 1. The van der Waals surface area contributed by atoms with E-state index in [0.29, 0.717) is 17.6 Å². The second-order valence-electron chi connectivity index (χ2n) is 4.28. The Labute approximate surface area is 112 Å². The van der Waals surface area contributed by atoms with Crippen molar-refractivity contribution in [1.82, 2.24) is 10.6 Å². The molecule has 1 rings (SSSR count). The number of rotatable bonds is 4. The Hall–Kier alpha value is -1.29. The highest BCUT2D eigenvalue weighted by Crippen LogP contribution is 2.17. The van der Waals surface area contributed by atoms with E-state index in [-0.39, 0.29) is 5.82 Å². The van der Waals surface area contributed by atoms with Crippen molar-refractivity contribution in [3.8, 4) is 0 Å². The molecule has 0 aliphatic heterocycles. The zero-order valence-corrected chi connectivity index (χ0v) is 11.7. The summed E-state index contributed by atoms with van der Waals surface area (Å²) < 4.78 is 12.9. The van der Waals surface area contributed by atoms with Gasteiger partial charge in [-0.25, -0.2) is 4.39 Å². The average Bonchev–Trinajstić information content (AvgIpc) is 2.30. The molecule has 1 aromatic rings. The van der Waals surface area contributed by atoms with E-state index < -0.39 is 0 Å². The molecular weight excluding hydrogens is 253 g/mol. The molecule has 3 nitrogen and oxygen atoms in total. The third-order valence-corrected chi connectivity index (χ3v) is 2.70. The first kappa shape index (κ1) is 14.8. The van der Waals surface area contributed by atoms with E-state index in [2.05, 4.69) is 15.6 Å². The van der Waals surface area contributed by atoms with Crippen LogP contribution >= 0.6 is 11.6 Å². The average molecular weight is 272 g/mol. The SMILES string of the molecule is CN=C(NCCc1ccc(F)cc1Cl)NC(C)C. The predicted octanol–water partition coefficient (Wildman–Crippen LogP) is 2.60. The van der Waals surface area contributed by atoms with Crippen LogP contribution in [-0.2, 0) is 6.42 Å². The van der Waals surface area contributed by atoms with E-state index in [1.54, 1.807) is 13.1 Å². The topological polar surface area (TPSA) is 36.4 Å². The fourth-order valence-electron chi connectivity index (χ4n) is 1.51. The molecule has 100 valence electrons. The van der Waals surface area contributed by atoms with Gasteiger partial charge in [0.2, 0.25) is 0 Å². The molecule has 0 aromatic heterocycles. The number of benzene rings is 1. The van der Waals surface area contributed by atoms with Gasteiger partial charge in [0, 0.05) is 24.7 Å². The zero-order valence-electron chi connectivity index (χ0n) is 10.9. The highest BCUT2D eigenvalue weighted by molar-refractivity contribution is 6.31. The first-order valence-corrected chi connectivity index (χ1v) is 6.32. The molecule has 0 aliphatic carbocycles. The fraction of sp³-hybridized carbons (Fsp3) is 0.462. The minimum absolute atomic E-state index is 0.311. The van der Waals surface area contributed by atoms with Crippen LogP contribution < -0.4 is 10.6 Å². The number of hydrogen-bond acceptors (Lipinski definition) is 1. The van der Waals surface area contributed by atoms with Gasteiger partial charge < -0.3 is 10.6 Å². The molecule has 0 atom stereocenters. The van der Waals surface area contributed by atoms with Gasteiger partial charge in [0.1, 0.15) is 5.82 Å². The molecular formula is C13H19ClFN3. The van der Waals surface area contributed by atoms with Crippen LogP contribution in [0.15, 0.2) is 23.2 Å². The maximum atomic E-state index is 12.9. The number of guanidine groups is 1. The van der Waals surface area contributed by atoms with Crippen molar-refractivity contribution in [3.05, 3.63) is 34.6 Å². The van der Waals surface area contributed by atoms with E-state index in [1.807, 2.05) is 13.8 Å². The predicted molar refractivity (Wildman–Crippen MR) is 74.7 cm³/mol. The van der Waals surface area contributed by atoms with Crippen LogP contribution in [0.5, 0.6) is 0 Å². The molecule has 2 N–H and O–H groups in total. The van der Waals surface area contributed by atoms with E-state index >= 15 is 0 Å². The number of nitrogens with zero attached hydrogens (tertiary/aromatic N) is 1. The molecule has 0 amide bonds. The Morgan fingerprint density at radius 2 is 2.17 bits per heavy atom. The molecule has 0 saturated heterocycles. The van der Waals surface area contributed by atoms with Crippen molar-refractivity contribution < 1.29 is 4.39 Å². The molecule has 5 heteroatoms. The minimum atomic E-state index is -0.311. The molecule has 0 spiro atoms. The summed E-state index contributed by atoms with van der Waals surface area (Å²) in [5, 5.41) is 6.82. The second kappa shape index (κ2) is 7.21. The van der Waals surface area contributed by atoms with Gasteiger partial charge in [0.15, 0.2) is 5.96 Å². The Morgan fingerprint density at radius 1 is 1.44 bits per heavy atom. The Morgan fingerprint density at radius 3 is 2.72 bits per heavy atom. The summed E-state index contributed by atoms with van der Waals surface area (Å²) in [6, 6.07) is 4.78. The van der Waals surface area contributed by atoms with Gasteiger partial charge in [-0.1, -0.05) is 17.7 Å². The molecule has 1 aromatic carbocycles. The van der Waals surface area contributed by atoms with Crippen LogP contribution in [0.3, 0.4) is 0 Å². The fourth-order valence-corrected chi connectivity index (χ4v) is 1.77. The minimum Gasteiger partial charge on any atom is -0.356 e. The maximum absolute atomic E-state index is 12.9. The largest absolute Gasteiger partial charge is 0.356 e. The molecule has 0 radical (unpaired) electrons. The lowest BCUT2D eigenvalue weighted by atomic mass is 10.1. The summed E-state index contributed by atoms with van der Waals surface area (Å²) in [6.45, 7) is 4.78. The van der Waals surface area contributed by atoms with Gasteiger partial charge >= 0.3 is 0 Å². The Balaban J connectivity index is 2.46. The summed E-state index contributed by atoms with van der Waals surface area (Å²) in [6.07, 6.45) is 0.720. The molecule has 18 heavy (non-hydrogen) atoms. The van der Waals surface area contributed by atoms with Crippen LogP contribution in [0.4, 0.5) is 4.39 Å². The first-order valence-electron chi connectivity index (χ1n) is 5.94. The zero-order chi connectivity index (χ0) is 13.5. The van der Waals surface area contributed by atoms with Gasteiger partial charge in [0.25, 0.3) is 0 Å². The highest BCUT2D eigenvalue weighted by Gasteiger charge is 2.03. The van der Waals surface area contributed by atoms with Crippen molar-refractivity contribution in [1.29, 1.82) is 0 Å². The lowest BCUT2D eigenvalue weighted by Gasteiger charge is -2.14. The Bertz CT molecular complexity index is 419. The van der Waals surface area contributed by atoms with Crippen molar-refractivity contribution in [2.75, 3.05) is 13.6 Å². The lowest BCUT2D eigenvalue weighted by Crippen LogP contribution is -2.41. The number of nitrogens with one attached hydrogen (secondary N) is 2. The molecule has 0 bridgehead atoms. The Kier molecular flexibility index (Phi) is 5.92. The summed E-state index contributed by atoms with van der Waals surface area (Å²) in [4.78, 5) is 4.10. The molecule has 0 unspecified atom stereocenters. The van der Waals surface area contributed by atoms with Gasteiger partial charge in [-0.15, -0.1) is 0 Å². The third kappa shape index (κ3) is 4.92. The molecule has 0 saturated carbocycles. The van der Waals surface area contributed by atoms with E-state index in [4.69, 9.17) is 11.6 Å². The summed E-state index contributed by atoms with van der Waals surface area (Å²) in [5.74, 6) is 0.442. The van der Waals surface area contributed by atoms with Crippen LogP contribution in [0.1, 0.15) is 19.4 Å². The highest BCUT2D eigenvalue weighted by atomic mass is 35.5. The molecule has 0 heterocycles. The normalized spacial score (nSPS) is 11.8. The third-order valence-electron chi connectivity index (χ3n) is 2.35. The summed E-state index contributed by atoms with van der Waals surface area (Å²) in [7, 11) is 1.72. The smallest absolute Gasteiger partial charge is 0.191 e. The van der Waals surface area contributed by atoms with E-state index in [0.717, 1.165) is 17.9 Å². The van der Waals surface area contributed by atoms with Gasteiger partial charge in [0.05, 0.1) is 0 Å². The van der Waals surface area contributed by atoms with Crippen molar-refractivity contribution in [3.63, 3.8) is 0 Å². The first-order chi connectivity index (χ1) is 8.52. The standard InChI is InChI=1S/C13H19ClFN3/c1-9(2)18-13(16-3)17-7-6-10-4-5-11(15)8-12(10)14/h4-5,8-9H,6-7H2,1-3H3,(H2,16,17,18). The van der Waals surface area contributed by atoms with Gasteiger partial charge in [-0.05, 0) is 38.0 Å². The molecule has 0 fully saturated rings. The van der Waals surface area contributed by atoms with Crippen molar-refractivity contribution >= 4 is 17.6 Å². The van der Waals surface area contributed by atoms with Crippen molar-refractivity contribution in [2.24, 2.45) is 4.99 Å². The summed E-state index contributed by atoms with van der Waals surface area (Å²) >= 11 is 5.95. The van der Waals surface area contributed by atoms with Crippen LogP contribution in [0.2, 0.25) is 5.02 Å². The van der Waals surface area contributed by atoms with Crippen LogP contribution in [0, 0.1) is 5.82 Å². The number of halogens is 2. The number of hydrogen-bond donors (Lipinski definition) is 2. The summed E-state index contributed by atoms with van der Waals surface area (Å²) in [5.41, 5.74) is 0.922. The monoisotopic (exact) mass is 271 g/mol. The quantitative estimate of drug-likeness (QED) is 0.652. The van der Waals surface area contributed by atoms with Crippen molar-refractivity contribution in [2.45, 2.75) is 26.3 Å². The second-order valence-corrected chi connectivity index (χ2v) is 4.69. The van der Waals surface area contributed by atoms with Crippen LogP contribution in [-0.4, -0.2) is 25.6 Å². The van der Waals surface area contributed by atoms with Gasteiger partial charge in [-0.3, -0.25) is 4.99 Å². The lowest BCUT2D eigenvalue weighted by molar-refractivity contribution is 0.626. The van der Waals surface area contributed by atoms with Crippen LogP contribution in [0.25, 0.3) is 0 Å². The van der Waals surface area contributed by atoms with E-state index in [9.17, 15) is 4.39 Å².